The van der Waals surface area contributed by atoms with E-state index in [1.807, 2.05) is 37.3 Å². The van der Waals surface area contributed by atoms with E-state index in [1.54, 1.807) is 49.6 Å². The molecule has 0 spiro atoms. The van der Waals surface area contributed by atoms with Gasteiger partial charge in [0.1, 0.15) is 24.6 Å². The lowest BCUT2D eigenvalue weighted by Gasteiger charge is -2.19. The number of esters is 1. The molecule has 8 nitrogen and oxygen atoms in total. The minimum atomic E-state index is -0.536. The SMILES string of the molecule is CCOc1cc(/C=C2/C(=O)N(c3ccc(OC)cc3)C(=S)N2CC(=O)OC)c(Br)cc1OCc1ccccc1. The fourth-order valence-electron chi connectivity index (χ4n) is 3.91. The average molecular weight is 612 g/mol. The molecule has 3 aromatic rings. The Balaban J connectivity index is 1.71. The van der Waals surface area contributed by atoms with Crippen LogP contribution in [0, 0.1) is 0 Å². The van der Waals surface area contributed by atoms with Gasteiger partial charge in [0.2, 0.25) is 0 Å². The number of rotatable bonds is 10. The molecule has 1 saturated heterocycles. The average Bonchev–Trinajstić information content (AvgIpc) is 3.18. The molecule has 0 saturated carbocycles. The molecule has 202 valence electrons. The Hall–Kier alpha value is -3.89. The van der Waals surface area contributed by atoms with Crippen molar-refractivity contribution in [2.75, 3.05) is 32.3 Å². The predicted octanol–water partition coefficient (Wildman–Crippen LogP) is 5.58. The molecule has 0 aromatic heterocycles. The van der Waals surface area contributed by atoms with Crippen molar-refractivity contribution in [1.82, 2.24) is 4.90 Å². The van der Waals surface area contributed by atoms with Crippen LogP contribution in [0.3, 0.4) is 0 Å². The molecule has 3 aromatic carbocycles. The third-order valence-electron chi connectivity index (χ3n) is 5.87. The summed E-state index contributed by atoms with van der Waals surface area (Å²) in [5.74, 6) is 0.785. The van der Waals surface area contributed by atoms with Gasteiger partial charge >= 0.3 is 5.97 Å². The number of ether oxygens (including phenoxy) is 4. The molecule has 39 heavy (non-hydrogen) atoms. The van der Waals surface area contributed by atoms with Gasteiger partial charge in [-0.15, -0.1) is 0 Å². The number of halogens is 1. The number of hydrogen-bond acceptors (Lipinski definition) is 7. The standard InChI is InChI=1S/C29H27BrN2O6S/c1-4-37-25-15-20(23(30)16-26(25)38-18-19-8-6-5-7-9-19)14-24-28(34)32(21-10-12-22(35-2)13-11-21)29(39)31(24)17-27(33)36-3/h5-16H,4,17-18H2,1-3H3/b24-14-. The maximum absolute atomic E-state index is 13.7. The molecule has 10 heteroatoms. The molecular weight excluding hydrogens is 584 g/mol. The lowest BCUT2D eigenvalue weighted by atomic mass is 10.1. The monoisotopic (exact) mass is 610 g/mol. The van der Waals surface area contributed by atoms with Gasteiger partial charge in [-0.1, -0.05) is 46.3 Å². The van der Waals surface area contributed by atoms with Crippen LogP contribution in [0.1, 0.15) is 18.1 Å². The minimum absolute atomic E-state index is 0.158. The van der Waals surface area contributed by atoms with Crippen LogP contribution in [-0.4, -0.2) is 49.3 Å². The summed E-state index contributed by atoms with van der Waals surface area (Å²) in [5.41, 5.74) is 2.41. The maximum Gasteiger partial charge on any atom is 0.325 e. The highest BCUT2D eigenvalue weighted by molar-refractivity contribution is 9.10. The zero-order chi connectivity index (χ0) is 27.9. The summed E-state index contributed by atoms with van der Waals surface area (Å²) < 4.78 is 22.7. The smallest absolute Gasteiger partial charge is 0.325 e. The first kappa shape index (κ1) is 28.1. The number of amides is 1. The second-order valence-electron chi connectivity index (χ2n) is 8.34. The van der Waals surface area contributed by atoms with Crippen molar-refractivity contribution in [3.8, 4) is 17.2 Å². The lowest BCUT2D eigenvalue weighted by molar-refractivity contribution is -0.140. The van der Waals surface area contributed by atoms with Gasteiger partial charge in [0.25, 0.3) is 5.91 Å². The van der Waals surface area contributed by atoms with Crippen LogP contribution >= 0.6 is 28.1 Å². The van der Waals surface area contributed by atoms with Gasteiger partial charge in [-0.05, 0) is 72.7 Å². The van der Waals surface area contributed by atoms with E-state index in [0.29, 0.717) is 46.2 Å². The molecule has 1 fully saturated rings. The van der Waals surface area contributed by atoms with E-state index in [0.717, 1.165) is 5.56 Å². The first-order valence-electron chi connectivity index (χ1n) is 12.1. The van der Waals surface area contributed by atoms with E-state index in [9.17, 15) is 9.59 Å². The lowest BCUT2D eigenvalue weighted by Crippen LogP contribution is -2.35. The molecule has 0 unspecified atom stereocenters. The van der Waals surface area contributed by atoms with E-state index in [2.05, 4.69) is 15.9 Å². The summed E-state index contributed by atoms with van der Waals surface area (Å²) in [7, 11) is 2.85. The highest BCUT2D eigenvalue weighted by Gasteiger charge is 2.40. The minimum Gasteiger partial charge on any atom is -0.497 e. The number of anilines is 1. The first-order valence-corrected chi connectivity index (χ1v) is 13.3. The van der Waals surface area contributed by atoms with Crippen LogP contribution in [0.25, 0.3) is 6.08 Å². The number of carbonyl (C=O) groups is 2. The molecular formula is C29H27BrN2O6S. The summed E-state index contributed by atoms with van der Waals surface area (Å²) in [6.45, 7) is 2.44. The van der Waals surface area contributed by atoms with E-state index >= 15 is 0 Å². The van der Waals surface area contributed by atoms with Gasteiger partial charge in [-0.2, -0.15) is 0 Å². The van der Waals surface area contributed by atoms with E-state index in [-0.39, 0.29) is 23.3 Å². The van der Waals surface area contributed by atoms with Crippen molar-refractivity contribution in [1.29, 1.82) is 0 Å². The largest absolute Gasteiger partial charge is 0.497 e. The number of hydrogen-bond donors (Lipinski definition) is 0. The predicted molar refractivity (Wildman–Crippen MR) is 156 cm³/mol. The Morgan fingerprint density at radius 2 is 1.69 bits per heavy atom. The first-order chi connectivity index (χ1) is 18.9. The van der Waals surface area contributed by atoms with Crippen LogP contribution in [0.4, 0.5) is 5.69 Å². The summed E-state index contributed by atoms with van der Waals surface area (Å²) in [6, 6.07) is 20.3. The fourth-order valence-corrected chi connectivity index (χ4v) is 4.70. The molecule has 1 aliphatic heterocycles. The summed E-state index contributed by atoms with van der Waals surface area (Å²) in [5, 5.41) is 0.158. The van der Waals surface area contributed by atoms with Crippen molar-refractivity contribution in [2.24, 2.45) is 0 Å². The number of carbonyl (C=O) groups excluding carboxylic acids is 2. The fraction of sp³-hybridized carbons (Fsp3) is 0.207. The number of thiocarbonyl (C=S) groups is 1. The second kappa shape index (κ2) is 12.8. The Morgan fingerprint density at radius 3 is 2.33 bits per heavy atom. The van der Waals surface area contributed by atoms with Crippen LogP contribution < -0.4 is 19.1 Å². The maximum atomic E-state index is 13.7. The molecule has 0 atom stereocenters. The van der Waals surface area contributed by atoms with Crippen molar-refractivity contribution in [3.63, 3.8) is 0 Å². The molecule has 0 N–H and O–H groups in total. The molecule has 0 aliphatic carbocycles. The molecule has 1 heterocycles. The number of nitrogens with zero attached hydrogens (tertiary/aromatic N) is 2. The van der Waals surface area contributed by atoms with Crippen LogP contribution in [0.15, 0.2) is 76.9 Å². The zero-order valence-electron chi connectivity index (χ0n) is 21.7. The van der Waals surface area contributed by atoms with Gasteiger partial charge in [0.05, 0.1) is 26.5 Å². The van der Waals surface area contributed by atoms with Gasteiger partial charge in [-0.3, -0.25) is 14.5 Å². The van der Waals surface area contributed by atoms with E-state index < -0.39 is 5.97 Å². The summed E-state index contributed by atoms with van der Waals surface area (Å²) in [6.07, 6.45) is 1.66. The Kier molecular flexibility index (Phi) is 9.21. The van der Waals surface area contributed by atoms with Gasteiger partial charge < -0.3 is 23.8 Å². The zero-order valence-corrected chi connectivity index (χ0v) is 24.1. The van der Waals surface area contributed by atoms with Crippen molar-refractivity contribution < 1.29 is 28.5 Å². The van der Waals surface area contributed by atoms with Crippen molar-refractivity contribution in [2.45, 2.75) is 13.5 Å². The Labute approximate surface area is 240 Å². The summed E-state index contributed by atoms with van der Waals surface area (Å²) in [4.78, 5) is 28.8. The van der Waals surface area contributed by atoms with Crippen LogP contribution in [-0.2, 0) is 20.9 Å². The van der Waals surface area contributed by atoms with E-state index in [4.69, 9.17) is 31.2 Å². The van der Waals surface area contributed by atoms with Crippen LogP contribution in [0.2, 0.25) is 0 Å². The van der Waals surface area contributed by atoms with Gasteiger partial charge in [-0.25, -0.2) is 0 Å². The van der Waals surface area contributed by atoms with Gasteiger partial charge in [0, 0.05) is 4.47 Å². The Bertz CT molecular complexity index is 1390. The number of methoxy groups -OCH3 is 2. The highest BCUT2D eigenvalue weighted by Crippen LogP contribution is 2.37. The quantitative estimate of drug-likeness (QED) is 0.167. The van der Waals surface area contributed by atoms with Crippen molar-refractivity contribution >= 4 is 56.9 Å². The van der Waals surface area contributed by atoms with Crippen LogP contribution in [0.5, 0.6) is 17.2 Å². The molecule has 1 amide bonds. The molecule has 0 radical (unpaired) electrons. The number of benzene rings is 3. The molecule has 0 bridgehead atoms. The van der Waals surface area contributed by atoms with Crippen molar-refractivity contribution in [3.05, 3.63) is 88.0 Å². The third-order valence-corrected chi connectivity index (χ3v) is 6.96. The summed E-state index contributed by atoms with van der Waals surface area (Å²) >= 11 is 9.24. The third kappa shape index (κ3) is 6.40. The highest BCUT2D eigenvalue weighted by atomic mass is 79.9. The van der Waals surface area contributed by atoms with Gasteiger partial charge in [0.15, 0.2) is 16.6 Å². The normalized spacial score (nSPS) is 14.1. The molecule has 1 aliphatic rings. The Morgan fingerprint density at radius 1 is 1.00 bits per heavy atom. The topological polar surface area (TPSA) is 77.5 Å². The second-order valence-corrected chi connectivity index (χ2v) is 9.56. The molecule has 4 rings (SSSR count). The van der Waals surface area contributed by atoms with E-state index in [1.165, 1.54) is 16.9 Å².